The van der Waals surface area contributed by atoms with E-state index in [2.05, 4.69) is 10.6 Å². The normalized spacial score (nSPS) is 10.3. The Balaban J connectivity index is 2.01. The van der Waals surface area contributed by atoms with Gasteiger partial charge < -0.3 is 15.4 Å². The molecule has 0 aliphatic rings. The van der Waals surface area contributed by atoms with Crippen molar-refractivity contribution in [3.63, 3.8) is 0 Å². The number of rotatable bonds is 6. The van der Waals surface area contributed by atoms with Crippen LogP contribution in [-0.4, -0.2) is 24.5 Å². The molecule has 0 heterocycles. The van der Waals surface area contributed by atoms with Gasteiger partial charge in [-0.1, -0.05) is 24.3 Å². The number of halogens is 1. The van der Waals surface area contributed by atoms with Gasteiger partial charge in [-0.25, -0.2) is 4.39 Å². The second-order valence-corrected chi connectivity index (χ2v) is 5.44. The molecule has 2 rings (SSSR count). The smallest absolute Gasteiger partial charge is 0.262 e. The first-order valence-corrected chi connectivity index (χ1v) is 7.54. The maximum absolute atomic E-state index is 13.4. The van der Waals surface area contributed by atoms with Crippen LogP contribution in [0.3, 0.4) is 0 Å². The van der Waals surface area contributed by atoms with Crippen LogP contribution in [0.2, 0.25) is 0 Å². The van der Waals surface area contributed by atoms with E-state index in [1.165, 1.54) is 18.2 Å². The van der Waals surface area contributed by atoms with E-state index in [9.17, 15) is 14.0 Å². The van der Waals surface area contributed by atoms with Crippen LogP contribution in [0.1, 0.15) is 24.2 Å². The molecule has 0 saturated heterocycles. The molecule has 0 unspecified atom stereocenters. The highest BCUT2D eigenvalue weighted by atomic mass is 19.1. The van der Waals surface area contributed by atoms with Crippen LogP contribution >= 0.6 is 0 Å². The number of hydrogen-bond acceptors (Lipinski definition) is 3. The van der Waals surface area contributed by atoms with Crippen LogP contribution in [0.5, 0.6) is 5.75 Å². The zero-order valence-corrected chi connectivity index (χ0v) is 13.5. The molecular formula is C18H19FN2O3. The summed E-state index contributed by atoms with van der Waals surface area (Å²) in [4.78, 5) is 24.1. The Morgan fingerprint density at radius 1 is 1.08 bits per heavy atom. The number of amides is 2. The van der Waals surface area contributed by atoms with Gasteiger partial charge in [-0.3, -0.25) is 9.59 Å². The van der Waals surface area contributed by atoms with Crippen molar-refractivity contribution in [1.29, 1.82) is 0 Å². The molecular weight excluding hydrogens is 311 g/mol. The Bertz CT molecular complexity index is 732. The van der Waals surface area contributed by atoms with Crippen LogP contribution in [0.4, 0.5) is 10.1 Å². The van der Waals surface area contributed by atoms with Gasteiger partial charge in [-0.05, 0) is 38.1 Å². The van der Waals surface area contributed by atoms with E-state index < -0.39 is 11.7 Å². The first-order valence-electron chi connectivity index (χ1n) is 7.54. The van der Waals surface area contributed by atoms with E-state index in [1.807, 2.05) is 13.8 Å². The minimum Gasteiger partial charge on any atom is -0.481 e. The number of nitrogens with one attached hydrogen (secondary N) is 2. The van der Waals surface area contributed by atoms with Gasteiger partial charge in [0.1, 0.15) is 0 Å². The van der Waals surface area contributed by atoms with E-state index in [4.69, 9.17) is 4.74 Å². The van der Waals surface area contributed by atoms with Crippen LogP contribution < -0.4 is 15.4 Å². The number of carbonyl (C=O) groups excluding carboxylic acids is 2. The SMILES string of the molecule is CC(C)NC(=O)c1ccccc1NC(=O)COc1ccccc1F. The third kappa shape index (κ3) is 4.81. The van der Waals surface area contributed by atoms with Gasteiger partial charge in [0.15, 0.2) is 18.2 Å². The standard InChI is InChI=1S/C18H19FN2O3/c1-12(2)20-18(23)13-7-3-5-9-15(13)21-17(22)11-24-16-10-6-4-8-14(16)19/h3-10,12H,11H2,1-2H3,(H,20,23)(H,21,22). The Hall–Kier alpha value is -2.89. The number of para-hydroxylation sites is 2. The highest BCUT2D eigenvalue weighted by Crippen LogP contribution is 2.17. The molecule has 0 aliphatic heterocycles. The summed E-state index contributed by atoms with van der Waals surface area (Å²) in [5.41, 5.74) is 0.725. The highest BCUT2D eigenvalue weighted by Gasteiger charge is 2.14. The molecule has 2 N–H and O–H groups in total. The monoisotopic (exact) mass is 330 g/mol. The molecule has 0 saturated carbocycles. The summed E-state index contributed by atoms with van der Waals surface area (Å²) >= 11 is 0. The fourth-order valence-electron chi connectivity index (χ4n) is 2.02. The predicted octanol–water partition coefficient (Wildman–Crippen LogP) is 2.98. The molecule has 2 aromatic rings. The van der Waals surface area contributed by atoms with E-state index in [-0.39, 0.29) is 24.3 Å². The second kappa shape index (κ2) is 8.10. The fourth-order valence-corrected chi connectivity index (χ4v) is 2.02. The van der Waals surface area contributed by atoms with Crippen molar-refractivity contribution in [3.8, 4) is 5.75 Å². The largest absolute Gasteiger partial charge is 0.481 e. The van der Waals surface area contributed by atoms with Gasteiger partial charge in [0.25, 0.3) is 11.8 Å². The maximum atomic E-state index is 13.4. The second-order valence-electron chi connectivity index (χ2n) is 5.44. The zero-order chi connectivity index (χ0) is 17.5. The van der Waals surface area contributed by atoms with E-state index in [0.29, 0.717) is 11.3 Å². The fraction of sp³-hybridized carbons (Fsp3) is 0.222. The molecule has 24 heavy (non-hydrogen) atoms. The first-order chi connectivity index (χ1) is 11.5. The molecule has 2 aromatic carbocycles. The number of carbonyl (C=O) groups is 2. The summed E-state index contributed by atoms with van der Waals surface area (Å²) in [6, 6.07) is 12.5. The van der Waals surface area contributed by atoms with Gasteiger partial charge in [-0.2, -0.15) is 0 Å². The molecule has 0 bridgehead atoms. The third-order valence-electron chi connectivity index (χ3n) is 3.06. The Morgan fingerprint density at radius 2 is 1.75 bits per heavy atom. The van der Waals surface area contributed by atoms with Gasteiger partial charge >= 0.3 is 0 Å². The molecule has 0 aliphatic carbocycles. The van der Waals surface area contributed by atoms with Gasteiger partial charge in [0.2, 0.25) is 0 Å². The third-order valence-corrected chi connectivity index (χ3v) is 3.06. The summed E-state index contributed by atoms with van der Waals surface area (Å²) in [6.45, 7) is 3.34. The van der Waals surface area contributed by atoms with Crippen LogP contribution in [0.15, 0.2) is 48.5 Å². The number of anilines is 1. The van der Waals surface area contributed by atoms with Crippen molar-refractivity contribution < 1.29 is 18.7 Å². The quantitative estimate of drug-likeness (QED) is 0.856. The molecule has 0 radical (unpaired) electrons. The molecule has 0 aromatic heterocycles. The minimum absolute atomic E-state index is 0.00140. The predicted molar refractivity (Wildman–Crippen MR) is 89.6 cm³/mol. The molecule has 0 fully saturated rings. The average Bonchev–Trinajstić information content (AvgIpc) is 2.54. The van der Waals surface area contributed by atoms with Crippen molar-refractivity contribution >= 4 is 17.5 Å². The van der Waals surface area contributed by atoms with Gasteiger partial charge in [0, 0.05) is 6.04 Å². The first kappa shape index (κ1) is 17.5. The Labute approximate surface area is 139 Å². The van der Waals surface area contributed by atoms with Crippen LogP contribution in [0, 0.1) is 5.82 Å². The van der Waals surface area contributed by atoms with Crippen molar-refractivity contribution in [3.05, 3.63) is 59.9 Å². The molecule has 6 heteroatoms. The Morgan fingerprint density at radius 3 is 2.46 bits per heavy atom. The summed E-state index contributed by atoms with van der Waals surface area (Å²) < 4.78 is 18.6. The Kier molecular flexibility index (Phi) is 5.89. The number of benzene rings is 2. The van der Waals surface area contributed by atoms with E-state index in [0.717, 1.165) is 0 Å². The van der Waals surface area contributed by atoms with Crippen molar-refractivity contribution in [2.75, 3.05) is 11.9 Å². The zero-order valence-electron chi connectivity index (χ0n) is 13.5. The molecule has 0 spiro atoms. The summed E-state index contributed by atoms with van der Waals surface area (Å²) in [5.74, 6) is -1.31. The topological polar surface area (TPSA) is 67.4 Å². The van der Waals surface area contributed by atoms with Crippen molar-refractivity contribution in [2.45, 2.75) is 19.9 Å². The van der Waals surface area contributed by atoms with Crippen LogP contribution in [0.25, 0.3) is 0 Å². The average molecular weight is 330 g/mol. The molecule has 0 atom stereocenters. The lowest BCUT2D eigenvalue weighted by Gasteiger charge is -2.13. The van der Waals surface area contributed by atoms with E-state index in [1.54, 1.807) is 30.3 Å². The highest BCUT2D eigenvalue weighted by molar-refractivity contribution is 6.04. The molecule has 2 amide bonds. The lowest BCUT2D eigenvalue weighted by molar-refractivity contribution is -0.118. The minimum atomic E-state index is -0.540. The van der Waals surface area contributed by atoms with Gasteiger partial charge in [-0.15, -0.1) is 0 Å². The van der Waals surface area contributed by atoms with Crippen molar-refractivity contribution in [2.24, 2.45) is 0 Å². The lowest BCUT2D eigenvalue weighted by Crippen LogP contribution is -2.31. The maximum Gasteiger partial charge on any atom is 0.262 e. The summed E-state index contributed by atoms with van der Waals surface area (Å²) in [5, 5.41) is 5.37. The summed E-state index contributed by atoms with van der Waals surface area (Å²) in [7, 11) is 0. The number of ether oxygens (including phenoxy) is 1. The number of hydrogen-bond donors (Lipinski definition) is 2. The van der Waals surface area contributed by atoms with Crippen LogP contribution in [-0.2, 0) is 4.79 Å². The van der Waals surface area contributed by atoms with Crippen molar-refractivity contribution in [1.82, 2.24) is 5.32 Å². The van der Waals surface area contributed by atoms with Gasteiger partial charge in [0.05, 0.1) is 11.3 Å². The summed E-state index contributed by atoms with van der Waals surface area (Å²) in [6.07, 6.45) is 0. The van der Waals surface area contributed by atoms with E-state index >= 15 is 0 Å². The molecule has 5 nitrogen and oxygen atoms in total. The molecule has 126 valence electrons. The lowest BCUT2D eigenvalue weighted by atomic mass is 10.1.